The molecule has 0 bridgehead atoms. The van der Waals surface area contributed by atoms with Crippen molar-refractivity contribution in [3.63, 3.8) is 0 Å². The summed E-state index contributed by atoms with van der Waals surface area (Å²) < 4.78 is 5.07. The monoisotopic (exact) mass is 377 g/mol. The van der Waals surface area contributed by atoms with Gasteiger partial charge in [0.05, 0.1) is 31.8 Å². The van der Waals surface area contributed by atoms with Gasteiger partial charge in [0.2, 0.25) is 0 Å². The van der Waals surface area contributed by atoms with E-state index >= 15 is 0 Å². The number of nitrogens with zero attached hydrogens (tertiary/aromatic N) is 2. The van der Waals surface area contributed by atoms with E-state index < -0.39 is 5.91 Å². The summed E-state index contributed by atoms with van der Waals surface area (Å²) in [5.41, 5.74) is 5.26. The van der Waals surface area contributed by atoms with E-state index in [2.05, 4.69) is 26.0 Å². The Bertz CT molecular complexity index is 982. The van der Waals surface area contributed by atoms with Gasteiger partial charge in [-0.3, -0.25) is 14.7 Å². The quantitative estimate of drug-likeness (QED) is 0.432. The second-order valence-corrected chi connectivity index (χ2v) is 5.77. The van der Waals surface area contributed by atoms with Crippen LogP contribution in [0.5, 0.6) is 5.75 Å². The maximum absolute atomic E-state index is 12.1. The number of aromatic nitrogens is 2. The molecule has 0 aliphatic heterocycles. The molecule has 0 radical (unpaired) electrons. The van der Waals surface area contributed by atoms with Crippen molar-refractivity contribution in [2.75, 3.05) is 13.7 Å². The van der Waals surface area contributed by atoms with Gasteiger partial charge >= 0.3 is 0 Å². The molecule has 0 saturated heterocycles. The number of carbonyl (C=O) groups excluding carboxylic acids is 2. The van der Waals surface area contributed by atoms with Gasteiger partial charge in [-0.25, -0.2) is 5.43 Å². The Morgan fingerprint density at radius 1 is 1.18 bits per heavy atom. The highest BCUT2D eigenvalue weighted by molar-refractivity contribution is 5.97. The molecule has 0 saturated carbocycles. The van der Waals surface area contributed by atoms with Crippen molar-refractivity contribution >= 4 is 18.0 Å². The lowest BCUT2D eigenvalue weighted by Gasteiger charge is -2.06. The number of methoxy groups -OCH3 is 1. The molecule has 3 aromatic rings. The average Bonchev–Trinajstić information content (AvgIpc) is 3.21. The van der Waals surface area contributed by atoms with Gasteiger partial charge in [0.15, 0.2) is 0 Å². The van der Waals surface area contributed by atoms with E-state index in [1.54, 1.807) is 30.5 Å². The molecular weight excluding hydrogens is 358 g/mol. The second-order valence-electron chi connectivity index (χ2n) is 5.77. The third-order valence-electron chi connectivity index (χ3n) is 3.87. The first-order valence-electron chi connectivity index (χ1n) is 8.50. The number of rotatable bonds is 7. The molecular formula is C20H19N5O3. The first-order chi connectivity index (χ1) is 13.7. The van der Waals surface area contributed by atoms with E-state index in [1.807, 2.05) is 30.3 Å². The highest BCUT2D eigenvalue weighted by atomic mass is 16.5. The number of benzene rings is 2. The summed E-state index contributed by atoms with van der Waals surface area (Å²) >= 11 is 0. The van der Waals surface area contributed by atoms with Crippen LogP contribution in [0.4, 0.5) is 0 Å². The molecule has 2 amide bonds. The third-order valence-corrected chi connectivity index (χ3v) is 3.87. The van der Waals surface area contributed by atoms with Crippen LogP contribution >= 0.6 is 0 Å². The molecule has 0 unspecified atom stereocenters. The summed E-state index contributed by atoms with van der Waals surface area (Å²) in [4.78, 5) is 24.0. The molecule has 3 N–H and O–H groups in total. The van der Waals surface area contributed by atoms with Crippen molar-refractivity contribution in [2.45, 2.75) is 0 Å². The van der Waals surface area contributed by atoms with Gasteiger partial charge in [0, 0.05) is 16.7 Å². The van der Waals surface area contributed by atoms with Crippen molar-refractivity contribution in [1.82, 2.24) is 20.9 Å². The maximum atomic E-state index is 12.1. The third kappa shape index (κ3) is 4.82. The van der Waals surface area contributed by atoms with Crippen molar-refractivity contribution < 1.29 is 14.3 Å². The minimum Gasteiger partial charge on any atom is -0.497 e. The molecule has 1 aromatic heterocycles. The van der Waals surface area contributed by atoms with Crippen molar-refractivity contribution in [2.24, 2.45) is 5.10 Å². The fourth-order valence-electron chi connectivity index (χ4n) is 2.47. The van der Waals surface area contributed by atoms with E-state index in [0.717, 1.165) is 16.8 Å². The first kappa shape index (κ1) is 18.8. The topological polar surface area (TPSA) is 108 Å². The Morgan fingerprint density at radius 3 is 2.79 bits per heavy atom. The van der Waals surface area contributed by atoms with Gasteiger partial charge in [0.1, 0.15) is 5.75 Å². The van der Waals surface area contributed by atoms with Crippen molar-refractivity contribution in [1.29, 1.82) is 0 Å². The van der Waals surface area contributed by atoms with E-state index in [9.17, 15) is 9.59 Å². The first-order valence-corrected chi connectivity index (χ1v) is 8.50. The van der Waals surface area contributed by atoms with E-state index in [1.165, 1.54) is 13.3 Å². The SMILES string of the molecule is COc1cccc(C(=O)NCC(=O)NN=Cc2cn[nH]c2-c2ccccc2)c1. The molecule has 0 aliphatic carbocycles. The molecule has 0 aliphatic rings. The van der Waals surface area contributed by atoms with E-state index in [0.29, 0.717) is 11.3 Å². The zero-order valence-corrected chi connectivity index (χ0v) is 15.2. The lowest BCUT2D eigenvalue weighted by molar-refractivity contribution is -0.120. The van der Waals surface area contributed by atoms with Gasteiger partial charge in [-0.15, -0.1) is 0 Å². The molecule has 0 atom stereocenters. The zero-order chi connectivity index (χ0) is 19.8. The van der Waals surface area contributed by atoms with Crippen LogP contribution in [0.1, 0.15) is 15.9 Å². The second kappa shape index (κ2) is 9.13. The fourth-order valence-corrected chi connectivity index (χ4v) is 2.47. The maximum Gasteiger partial charge on any atom is 0.259 e. The molecule has 3 rings (SSSR count). The van der Waals surface area contributed by atoms with Crippen LogP contribution < -0.4 is 15.5 Å². The van der Waals surface area contributed by atoms with Gasteiger partial charge in [-0.1, -0.05) is 36.4 Å². The smallest absolute Gasteiger partial charge is 0.259 e. The summed E-state index contributed by atoms with van der Waals surface area (Å²) in [6.45, 7) is -0.204. The lowest BCUT2D eigenvalue weighted by atomic mass is 10.1. The number of hydrogen-bond donors (Lipinski definition) is 3. The molecule has 142 valence electrons. The normalized spacial score (nSPS) is 10.6. The zero-order valence-electron chi connectivity index (χ0n) is 15.2. The Kier molecular flexibility index (Phi) is 6.14. The predicted molar refractivity (Wildman–Crippen MR) is 105 cm³/mol. The van der Waals surface area contributed by atoms with Gasteiger partial charge < -0.3 is 10.1 Å². The molecule has 8 heteroatoms. The molecule has 2 aromatic carbocycles. The Balaban J connectivity index is 1.52. The Labute approximate surface area is 161 Å². The summed E-state index contributed by atoms with van der Waals surface area (Å²) in [5, 5.41) is 13.4. The van der Waals surface area contributed by atoms with Crippen LogP contribution in [0.25, 0.3) is 11.3 Å². The van der Waals surface area contributed by atoms with Gasteiger partial charge in [-0.2, -0.15) is 10.2 Å². The molecule has 1 heterocycles. The predicted octanol–water partition coefficient (Wildman–Crippen LogP) is 1.97. The molecule has 28 heavy (non-hydrogen) atoms. The minimum atomic E-state index is -0.447. The van der Waals surface area contributed by atoms with Gasteiger partial charge in [0.25, 0.3) is 11.8 Å². The van der Waals surface area contributed by atoms with Crippen molar-refractivity contribution in [3.05, 3.63) is 71.9 Å². The van der Waals surface area contributed by atoms with Gasteiger partial charge in [-0.05, 0) is 18.2 Å². The number of hydrazone groups is 1. The number of hydrogen-bond acceptors (Lipinski definition) is 5. The molecule has 8 nitrogen and oxygen atoms in total. The summed E-state index contributed by atoms with van der Waals surface area (Å²) in [6, 6.07) is 16.3. The lowest BCUT2D eigenvalue weighted by Crippen LogP contribution is -2.34. The highest BCUT2D eigenvalue weighted by Gasteiger charge is 2.09. The van der Waals surface area contributed by atoms with Crippen LogP contribution in [0.3, 0.4) is 0 Å². The summed E-state index contributed by atoms with van der Waals surface area (Å²) in [5.74, 6) is -0.257. The van der Waals surface area contributed by atoms with Crippen molar-refractivity contribution in [3.8, 4) is 17.0 Å². The number of amides is 2. The largest absolute Gasteiger partial charge is 0.497 e. The Morgan fingerprint density at radius 2 is 2.00 bits per heavy atom. The van der Waals surface area contributed by atoms with Crippen LogP contribution in [0.2, 0.25) is 0 Å². The summed E-state index contributed by atoms with van der Waals surface area (Å²) in [6.07, 6.45) is 3.11. The van der Waals surface area contributed by atoms with E-state index in [4.69, 9.17) is 4.74 Å². The number of carbonyl (C=O) groups is 2. The number of aromatic amines is 1. The number of H-pyrrole nitrogens is 1. The van der Waals surface area contributed by atoms with Crippen LogP contribution in [0.15, 0.2) is 65.9 Å². The summed E-state index contributed by atoms with van der Waals surface area (Å²) in [7, 11) is 1.52. The fraction of sp³-hybridized carbons (Fsp3) is 0.100. The number of ether oxygens (including phenoxy) is 1. The number of nitrogens with one attached hydrogen (secondary N) is 3. The van der Waals surface area contributed by atoms with E-state index in [-0.39, 0.29) is 12.5 Å². The van der Waals surface area contributed by atoms with Crippen LogP contribution in [-0.4, -0.2) is 41.9 Å². The van der Waals surface area contributed by atoms with Crippen LogP contribution in [0, 0.1) is 0 Å². The molecule has 0 fully saturated rings. The molecule has 0 spiro atoms. The Hall–Kier alpha value is -3.94. The minimum absolute atomic E-state index is 0.204. The highest BCUT2D eigenvalue weighted by Crippen LogP contribution is 2.18. The standard InChI is InChI=1S/C20H19N5O3/c1-28-17-9-5-8-15(10-17)20(27)21-13-18(26)24-22-11-16-12-23-25-19(16)14-6-3-2-4-7-14/h2-12H,13H2,1H3,(H,21,27)(H,23,25)(H,24,26). The average molecular weight is 377 g/mol. The van der Waals surface area contributed by atoms with Crippen LogP contribution in [-0.2, 0) is 4.79 Å².